The first kappa shape index (κ1) is 19.6. The van der Waals surface area contributed by atoms with Gasteiger partial charge in [-0.15, -0.1) is 0 Å². The second-order valence-electron chi connectivity index (χ2n) is 10.3. The van der Waals surface area contributed by atoms with E-state index < -0.39 is 5.41 Å². The molecule has 2 saturated carbocycles. The van der Waals surface area contributed by atoms with E-state index in [-0.39, 0.29) is 16.6 Å². The molecule has 0 aromatic carbocycles. The van der Waals surface area contributed by atoms with E-state index in [1.54, 1.807) is 0 Å². The van der Waals surface area contributed by atoms with Crippen LogP contribution in [0.3, 0.4) is 0 Å². The molecule has 28 heavy (non-hydrogen) atoms. The predicted octanol–water partition coefficient (Wildman–Crippen LogP) is 5.71. The number of nitriles is 1. The van der Waals surface area contributed by atoms with E-state index in [9.17, 15) is 14.9 Å². The average Bonchev–Trinajstić information content (AvgIpc) is 3.26. The van der Waals surface area contributed by atoms with Crippen molar-refractivity contribution in [2.75, 3.05) is 0 Å². The fourth-order valence-corrected chi connectivity index (χ4v) is 6.91. The van der Waals surface area contributed by atoms with Crippen molar-refractivity contribution in [2.24, 2.45) is 28.1 Å². The van der Waals surface area contributed by atoms with Gasteiger partial charge >= 0.3 is 0 Å². The number of ketones is 2. The first-order valence-electron chi connectivity index (χ1n) is 11.2. The zero-order chi connectivity index (χ0) is 20.2. The van der Waals surface area contributed by atoms with Crippen LogP contribution in [0.15, 0.2) is 23.3 Å². The van der Waals surface area contributed by atoms with E-state index >= 15 is 0 Å². The monoisotopic (exact) mass is 379 g/mol. The quantitative estimate of drug-likeness (QED) is 0.507. The number of allylic oxidation sites excluding steroid dienone is 4. The molecule has 0 saturated heterocycles. The molecule has 0 unspecified atom stereocenters. The van der Waals surface area contributed by atoms with Gasteiger partial charge in [-0.25, -0.2) is 0 Å². The van der Waals surface area contributed by atoms with E-state index in [1.807, 2.05) is 6.08 Å². The molecule has 0 N–H and O–H groups in total. The maximum absolute atomic E-state index is 13.3. The van der Waals surface area contributed by atoms with Crippen molar-refractivity contribution < 1.29 is 9.59 Å². The van der Waals surface area contributed by atoms with Crippen molar-refractivity contribution in [1.82, 2.24) is 0 Å². The van der Waals surface area contributed by atoms with E-state index in [0.717, 1.165) is 64.2 Å². The fourth-order valence-electron chi connectivity index (χ4n) is 6.91. The number of fused-ring (bicyclic) bond motifs is 3. The third-order valence-corrected chi connectivity index (χ3v) is 9.04. The molecule has 3 heteroatoms. The van der Waals surface area contributed by atoms with E-state index in [4.69, 9.17) is 0 Å². The first-order chi connectivity index (χ1) is 13.3. The number of hydrogen-bond acceptors (Lipinski definition) is 3. The molecule has 0 bridgehead atoms. The Hall–Kier alpha value is -1.69. The topological polar surface area (TPSA) is 57.9 Å². The van der Waals surface area contributed by atoms with Crippen LogP contribution in [0, 0.1) is 39.4 Å². The average molecular weight is 380 g/mol. The molecule has 0 radical (unpaired) electrons. The number of rotatable bonds is 0. The minimum Gasteiger partial charge on any atom is -0.299 e. The Kier molecular flexibility index (Phi) is 4.68. The van der Waals surface area contributed by atoms with E-state index in [2.05, 4.69) is 32.9 Å². The minimum atomic E-state index is -0.448. The van der Waals surface area contributed by atoms with Crippen LogP contribution in [0.2, 0.25) is 0 Å². The molecule has 0 aromatic rings. The standard InChI is InChI=1S/C25H33NO2/c1-17-11-14-23(2)19(9-10-21(23)27)7-6-8-20-24(17,3)15-18(16-26)22(28)25(20)12-4-5-13-25/h8,15,17,19H,4-7,9-14H2,1-3H3/b20-8+/t17-,19-,23+,24-/m1/s1. The lowest BCUT2D eigenvalue weighted by Crippen LogP contribution is -2.45. The molecular weight excluding hydrogens is 346 g/mol. The highest BCUT2D eigenvalue weighted by Gasteiger charge is 2.55. The number of hydrogen-bond donors (Lipinski definition) is 0. The van der Waals surface area contributed by atoms with Crippen molar-refractivity contribution in [3.63, 3.8) is 0 Å². The lowest BCUT2D eigenvalue weighted by Gasteiger charge is -2.48. The van der Waals surface area contributed by atoms with Gasteiger partial charge in [-0.3, -0.25) is 9.59 Å². The second-order valence-corrected chi connectivity index (χ2v) is 10.3. The zero-order valence-electron chi connectivity index (χ0n) is 17.6. The number of Topliss-reactive ketones (excluding diaryl/α,β-unsaturated/α-hetero) is 2. The van der Waals surface area contributed by atoms with Gasteiger partial charge in [0.25, 0.3) is 0 Å². The summed E-state index contributed by atoms with van der Waals surface area (Å²) in [6, 6.07) is 2.23. The molecule has 3 nitrogen and oxygen atoms in total. The molecule has 0 amide bonds. The highest BCUT2D eigenvalue weighted by atomic mass is 16.1. The summed E-state index contributed by atoms with van der Waals surface area (Å²) in [5.74, 6) is 1.29. The lowest BCUT2D eigenvalue weighted by molar-refractivity contribution is -0.127. The summed E-state index contributed by atoms with van der Waals surface area (Å²) in [6.07, 6.45) is 13.9. The largest absolute Gasteiger partial charge is 0.299 e. The molecule has 4 aliphatic rings. The Morgan fingerprint density at radius 2 is 1.79 bits per heavy atom. The van der Waals surface area contributed by atoms with Crippen LogP contribution >= 0.6 is 0 Å². The van der Waals surface area contributed by atoms with Gasteiger partial charge in [-0.1, -0.05) is 51.3 Å². The van der Waals surface area contributed by atoms with Gasteiger partial charge in [0.2, 0.25) is 0 Å². The summed E-state index contributed by atoms with van der Waals surface area (Å²) in [7, 11) is 0. The van der Waals surface area contributed by atoms with Gasteiger partial charge < -0.3 is 0 Å². The van der Waals surface area contributed by atoms with Crippen LogP contribution in [0.4, 0.5) is 0 Å². The lowest BCUT2D eigenvalue weighted by atomic mass is 9.53. The third-order valence-electron chi connectivity index (χ3n) is 9.04. The molecule has 0 aliphatic heterocycles. The van der Waals surface area contributed by atoms with Crippen molar-refractivity contribution in [3.05, 3.63) is 23.3 Å². The van der Waals surface area contributed by atoms with Gasteiger partial charge in [0.05, 0.1) is 11.0 Å². The van der Waals surface area contributed by atoms with Gasteiger partial charge in [-0.05, 0) is 56.8 Å². The first-order valence-corrected chi connectivity index (χ1v) is 11.2. The van der Waals surface area contributed by atoms with Crippen LogP contribution in [-0.2, 0) is 9.59 Å². The van der Waals surface area contributed by atoms with Gasteiger partial charge in [0.1, 0.15) is 11.9 Å². The maximum Gasteiger partial charge on any atom is 0.183 e. The summed E-state index contributed by atoms with van der Waals surface area (Å²) < 4.78 is 0. The van der Waals surface area contributed by atoms with Gasteiger partial charge in [0.15, 0.2) is 5.78 Å². The molecule has 4 aliphatic carbocycles. The van der Waals surface area contributed by atoms with Crippen LogP contribution in [0.25, 0.3) is 0 Å². The number of nitrogens with zero attached hydrogens (tertiary/aromatic N) is 1. The molecule has 1 spiro atoms. The highest BCUT2D eigenvalue weighted by molar-refractivity contribution is 6.07. The Balaban J connectivity index is 1.82. The minimum absolute atomic E-state index is 0.0707. The molecular formula is C25H33NO2. The summed E-state index contributed by atoms with van der Waals surface area (Å²) in [4.78, 5) is 26.0. The van der Waals surface area contributed by atoms with E-state index in [0.29, 0.717) is 23.2 Å². The number of carbonyl (C=O) groups excluding carboxylic acids is 2. The zero-order valence-corrected chi connectivity index (χ0v) is 17.6. The van der Waals surface area contributed by atoms with Crippen LogP contribution in [-0.4, -0.2) is 11.6 Å². The second kappa shape index (κ2) is 6.68. The van der Waals surface area contributed by atoms with Gasteiger partial charge in [0, 0.05) is 17.3 Å². The Morgan fingerprint density at radius 1 is 1.07 bits per heavy atom. The van der Waals surface area contributed by atoms with Crippen LogP contribution < -0.4 is 0 Å². The Morgan fingerprint density at radius 3 is 2.46 bits per heavy atom. The maximum atomic E-state index is 13.3. The number of carbonyl (C=O) groups is 2. The van der Waals surface area contributed by atoms with Crippen LogP contribution in [0.1, 0.15) is 85.0 Å². The summed E-state index contributed by atoms with van der Waals surface area (Å²) in [6.45, 7) is 6.69. The van der Waals surface area contributed by atoms with E-state index in [1.165, 1.54) is 5.57 Å². The smallest absolute Gasteiger partial charge is 0.183 e. The summed E-state index contributed by atoms with van der Waals surface area (Å²) >= 11 is 0. The SMILES string of the molecule is C[C@@H]1CC[C@]2(C)C(=O)CC[C@H]2CC/C=C2/C3(CCCC3)C(=O)C(C#N)=C[C@@]21C. The summed E-state index contributed by atoms with van der Waals surface area (Å²) in [5, 5.41) is 9.72. The predicted molar refractivity (Wildman–Crippen MR) is 109 cm³/mol. The highest BCUT2D eigenvalue weighted by Crippen LogP contribution is 2.60. The molecule has 150 valence electrons. The van der Waals surface area contributed by atoms with Crippen molar-refractivity contribution >= 4 is 11.6 Å². The molecule has 2 fully saturated rings. The molecule has 0 aromatic heterocycles. The molecule has 4 atom stereocenters. The van der Waals surface area contributed by atoms with Crippen molar-refractivity contribution in [3.8, 4) is 6.07 Å². The Labute approximate surface area is 169 Å². The molecule has 0 heterocycles. The normalized spacial score (nSPS) is 42.2. The third kappa shape index (κ3) is 2.60. The summed E-state index contributed by atoms with van der Waals surface area (Å²) in [5.41, 5.74) is 0.756. The van der Waals surface area contributed by atoms with Crippen LogP contribution in [0.5, 0.6) is 0 Å². The van der Waals surface area contributed by atoms with Crippen molar-refractivity contribution in [2.45, 2.75) is 85.0 Å². The fraction of sp³-hybridized carbons (Fsp3) is 0.720. The van der Waals surface area contributed by atoms with Gasteiger partial charge in [-0.2, -0.15) is 5.26 Å². The molecule has 4 rings (SSSR count). The van der Waals surface area contributed by atoms with Crippen molar-refractivity contribution in [1.29, 1.82) is 5.26 Å². The Bertz CT molecular complexity index is 807.